The predicted octanol–water partition coefficient (Wildman–Crippen LogP) is 4.74. The van der Waals surface area contributed by atoms with Crippen LogP contribution in [-0.2, 0) is 0 Å². The van der Waals surface area contributed by atoms with Crippen molar-refractivity contribution in [3.05, 3.63) is 108 Å². The van der Waals surface area contributed by atoms with Crippen LogP contribution in [0.2, 0.25) is 0 Å². The molecule has 2 aromatic heterocycles. The second-order valence-corrected chi connectivity index (χ2v) is 6.94. The number of nitrogens with zero attached hydrogens (tertiary/aromatic N) is 4. The molecule has 0 bridgehead atoms. The van der Waals surface area contributed by atoms with Crippen molar-refractivity contribution in [2.45, 2.75) is 6.92 Å². The number of benzene rings is 3. The number of aromatic nitrogens is 4. The van der Waals surface area contributed by atoms with Crippen LogP contribution in [0.5, 0.6) is 0 Å². The van der Waals surface area contributed by atoms with Crippen LogP contribution >= 0.6 is 0 Å². The molecule has 0 atom stereocenters. The van der Waals surface area contributed by atoms with E-state index in [1.165, 1.54) is 0 Å². The van der Waals surface area contributed by atoms with Crippen molar-refractivity contribution in [2.75, 3.05) is 0 Å². The second kappa shape index (κ2) is 6.87. The number of carbonyl (C=O) groups excluding carboxylic acids is 1. The normalized spacial score (nSPS) is 11.1. The summed E-state index contributed by atoms with van der Waals surface area (Å²) in [7, 11) is 0. The first-order valence-electron chi connectivity index (χ1n) is 9.38. The van der Waals surface area contributed by atoms with Crippen LogP contribution in [0.15, 0.2) is 91.5 Å². The fourth-order valence-corrected chi connectivity index (χ4v) is 3.46. The van der Waals surface area contributed by atoms with Crippen LogP contribution in [0.4, 0.5) is 0 Å². The quantitative estimate of drug-likeness (QED) is 0.335. The topological polar surface area (TPSA) is 52.7 Å². The van der Waals surface area contributed by atoms with Crippen LogP contribution in [0.3, 0.4) is 0 Å². The highest BCUT2D eigenvalue weighted by atomic mass is 16.1. The zero-order chi connectivity index (χ0) is 19.8. The van der Waals surface area contributed by atoms with E-state index in [1.807, 2.05) is 88.9 Å². The zero-order valence-electron chi connectivity index (χ0n) is 15.9. The fraction of sp³-hybridized carbons (Fsp3) is 0.0417. The number of hydrogen-bond donors (Lipinski definition) is 0. The predicted molar refractivity (Wildman–Crippen MR) is 114 cm³/mol. The molecule has 5 nitrogen and oxygen atoms in total. The molecule has 0 unspecified atom stereocenters. The Kier molecular flexibility index (Phi) is 4.06. The molecule has 2 heterocycles. The van der Waals surface area contributed by atoms with E-state index in [9.17, 15) is 4.79 Å². The van der Waals surface area contributed by atoms with Crippen molar-refractivity contribution in [1.29, 1.82) is 0 Å². The molecule has 0 radical (unpaired) electrons. The lowest BCUT2D eigenvalue weighted by Gasteiger charge is -2.12. The molecule has 0 aliphatic rings. The van der Waals surface area contributed by atoms with Crippen molar-refractivity contribution < 1.29 is 4.79 Å². The Morgan fingerprint density at radius 1 is 0.759 bits per heavy atom. The molecular weight excluding hydrogens is 360 g/mol. The van der Waals surface area contributed by atoms with Gasteiger partial charge in [-0.1, -0.05) is 54.1 Å². The van der Waals surface area contributed by atoms with E-state index in [4.69, 9.17) is 0 Å². The summed E-state index contributed by atoms with van der Waals surface area (Å²) >= 11 is 0. The Morgan fingerprint density at radius 2 is 1.28 bits per heavy atom. The molecule has 0 amide bonds. The van der Waals surface area contributed by atoms with Crippen molar-refractivity contribution in [3.8, 4) is 0 Å². The molecule has 0 spiro atoms. The first-order valence-corrected chi connectivity index (χ1v) is 9.38. The van der Waals surface area contributed by atoms with Gasteiger partial charge in [0.25, 0.3) is 0 Å². The van der Waals surface area contributed by atoms with Gasteiger partial charge >= 0.3 is 0 Å². The number of imidazole rings is 2. The van der Waals surface area contributed by atoms with Crippen molar-refractivity contribution in [1.82, 2.24) is 19.1 Å². The van der Waals surface area contributed by atoms with Gasteiger partial charge in [0.2, 0.25) is 0 Å². The highest BCUT2D eigenvalue weighted by Gasteiger charge is 2.14. The Morgan fingerprint density at radius 3 is 1.83 bits per heavy atom. The first kappa shape index (κ1) is 17.1. The van der Waals surface area contributed by atoms with E-state index in [0.717, 1.165) is 27.6 Å². The molecule has 5 heteroatoms. The highest BCUT2D eigenvalue weighted by molar-refractivity contribution is 6.04. The third kappa shape index (κ3) is 3.02. The lowest BCUT2D eigenvalue weighted by atomic mass is 10.1. The number of rotatable bonds is 4. The molecule has 29 heavy (non-hydrogen) atoms. The van der Waals surface area contributed by atoms with E-state index in [2.05, 4.69) is 9.97 Å². The van der Waals surface area contributed by atoms with Crippen LogP contribution in [0, 0.1) is 12.7 Å². The third-order valence-corrected chi connectivity index (χ3v) is 5.00. The highest BCUT2D eigenvalue weighted by Crippen LogP contribution is 2.21. The summed E-state index contributed by atoms with van der Waals surface area (Å²) in [5, 5.41) is 0. The molecular formula is C24H18N4O. The Balaban J connectivity index is 1.73. The number of fused-ring (bicyclic) bond motifs is 2. The maximum Gasteiger partial charge on any atom is 0.189 e. The van der Waals surface area contributed by atoms with Gasteiger partial charge in [0, 0.05) is 11.6 Å². The van der Waals surface area contributed by atoms with Gasteiger partial charge in [-0.25, -0.2) is 9.97 Å². The lowest BCUT2D eigenvalue weighted by molar-refractivity contribution is 0.104. The Hall–Kier alpha value is -3.99. The van der Waals surface area contributed by atoms with Gasteiger partial charge < -0.3 is 0 Å². The summed E-state index contributed by atoms with van der Waals surface area (Å²) in [4.78, 5) is 22.1. The molecule has 0 aliphatic heterocycles. The molecule has 0 saturated heterocycles. The Labute approximate surface area is 167 Å². The Bertz CT molecular complexity index is 1300. The second-order valence-electron chi connectivity index (χ2n) is 6.94. The lowest BCUT2D eigenvalue weighted by Crippen LogP contribution is -2.12. The number of carbonyl (C=O) groups is 1. The molecule has 0 N–H and O–H groups in total. The molecule has 3 aromatic carbocycles. The van der Waals surface area contributed by atoms with Gasteiger partial charge in [-0.3, -0.25) is 13.9 Å². The fourth-order valence-electron chi connectivity index (χ4n) is 3.46. The maximum absolute atomic E-state index is 13.1. The number of ketones is 1. The average Bonchev–Trinajstić information content (AvgIpc) is 3.37. The van der Waals surface area contributed by atoms with Gasteiger partial charge in [0.05, 0.1) is 22.1 Å². The van der Waals surface area contributed by atoms with E-state index < -0.39 is 0 Å². The minimum atomic E-state index is -0.0736. The van der Waals surface area contributed by atoms with Gasteiger partial charge in [-0.15, -0.1) is 0 Å². The van der Waals surface area contributed by atoms with Gasteiger partial charge in [0.1, 0.15) is 18.5 Å². The summed E-state index contributed by atoms with van der Waals surface area (Å²) in [6.45, 7) is 2.00. The summed E-state index contributed by atoms with van der Waals surface area (Å²) in [5.74, 6) is 0.605. The monoisotopic (exact) mass is 378 g/mol. The van der Waals surface area contributed by atoms with Crippen LogP contribution in [-0.4, -0.2) is 24.9 Å². The minimum Gasteiger partial charge on any atom is -0.289 e. The van der Waals surface area contributed by atoms with Crippen molar-refractivity contribution in [2.24, 2.45) is 0 Å². The van der Waals surface area contributed by atoms with E-state index >= 15 is 0 Å². The molecule has 0 aliphatic carbocycles. The summed E-state index contributed by atoms with van der Waals surface area (Å²) in [5.41, 5.74) is 5.34. The molecule has 5 aromatic rings. The van der Waals surface area contributed by atoms with Gasteiger partial charge in [0.15, 0.2) is 5.78 Å². The zero-order valence-corrected chi connectivity index (χ0v) is 15.9. The third-order valence-electron chi connectivity index (χ3n) is 5.00. The number of aryl methyl sites for hydroxylation is 1. The average molecular weight is 378 g/mol. The largest absolute Gasteiger partial charge is 0.289 e. The molecule has 5 rings (SSSR count). The number of para-hydroxylation sites is 4. The smallest absolute Gasteiger partial charge is 0.189 e. The van der Waals surface area contributed by atoms with E-state index in [0.29, 0.717) is 11.4 Å². The summed E-state index contributed by atoms with van der Waals surface area (Å²) in [6.07, 6.45) is 5.13. The first-order chi connectivity index (χ1) is 14.2. The van der Waals surface area contributed by atoms with Crippen LogP contribution < -0.4 is 0 Å². The minimum absolute atomic E-state index is 0.0736. The van der Waals surface area contributed by atoms with E-state index in [-0.39, 0.29) is 5.78 Å². The van der Waals surface area contributed by atoms with Crippen molar-refractivity contribution >= 4 is 27.9 Å². The standard InChI is InChI=1S/C24H18N4O/c1-17-10-12-18(13-11-17)23(29)14-24(27-15-25-19-6-2-4-8-21(19)27)28-16-26-20-7-3-5-9-22(20)28/h2-16H,1H3. The number of allylic oxidation sites excluding steroid dienone is 1. The SMILES string of the molecule is Cc1ccc(C(=O)C=C(n2cnc3ccccc32)n2cnc3ccccc32)cc1. The summed E-state index contributed by atoms with van der Waals surface area (Å²) < 4.78 is 3.85. The maximum atomic E-state index is 13.1. The van der Waals surface area contributed by atoms with Crippen LogP contribution in [0.25, 0.3) is 22.1 Å². The number of hydrogen-bond acceptors (Lipinski definition) is 3. The van der Waals surface area contributed by atoms with Gasteiger partial charge in [-0.2, -0.15) is 0 Å². The summed E-state index contributed by atoms with van der Waals surface area (Å²) in [6, 6.07) is 23.3. The van der Waals surface area contributed by atoms with Crippen LogP contribution in [0.1, 0.15) is 15.9 Å². The molecule has 0 fully saturated rings. The van der Waals surface area contributed by atoms with Gasteiger partial charge in [-0.05, 0) is 31.2 Å². The van der Waals surface area contributed by atoms with E-state index in [1.54, 1.807) is 18.7 Å². The molecule has 0 saturated carbocycles. The van der Waals surface area contributed by atoms with Crippen molar-refractivity contribution in [3.63, 3.8) is 0 Å². The molecule has 140 valence electrons.